The molecule has 0 bridgehead atoms. The van der Waals surface area contributed by atoms with Crippen molar-refractivity contribution in [2.45, 2.75) is 30.6 Å². The van der Waals surface area contributed by atoms with Gasteiger partial charge in [-0.25, -0.2) is 17.5 Å². The second-order valence-electron chi connectivity index (χ2n) is 6.29. The molecular formula is C19H23FN2O2S. The molecule has 1 fully saturated rings. The van der Waals surface area contributed by atoms with Crippen molar-refractivity contribution in [2.24, 2.45) is 0 Å². The maximum atomic E-state index is 13.6. The SMILES string of the molecule is O=S(=O)(NCCCc1ccc(N2CCCC2)cc1)c1ccccc1F. The van der Waals surface area contributed by atoms with Gasteiger partial charge in [-0.3, -0.25) is 0 Å². The number of hydrogen-bond acceptors (Lipinski definition) is 3. The van der Waals surface area contributed by atoms with Gasteiger partial charge in [0.2, 0.25) is 10.0 Å². The Bertz CT molecular complexity index is 800. The average molecular weight is 362 g/mol. The van der Waals surface area contributed by atoms with Gasteiger partial charge >= 0.3 is 0 Å². The highest BCUT2D eigenvalue weighted by atomic mass is 32.2. The minimum Gasteiger partial charge on any atom is -0.372 e. The highest BCUT2D eigenvalue weighted by molar-refractivity contribution is 7.89. The number of rotatable bonds is 7. The maximum absolute atomic E-state index is 13.6. The molecule has 3 rings (SSSR count). The Morgan fingerprint density at radius 3 is 2.36 bits per heavy atom. The van der Waals surface area contributed by atoms with Crippen LogP contribution >= 0.6 is 0 Å². The third-order valence-electron chi connectivity index (χ3n) is 4.47. The first-order valence-electron chi connectivity index (χ1n) is 8.64. The zero-order valence-corrected chi connectivity index (χ0v) is 14.9. The minimum atomic E-state index is -3.79. The number of hydrogen-bond donors (Lipinski definition) is 1. The topological polar surface area (TPSA) is 49.4 Å². The van der Waals surface area contributed by atoms with E-state index >= 15 is 0 Å². The molecular weight excluding hydrogens is 339 g/mol. The smallest absolute Gasteiger partial charge is 0.243 e. The van der Waals surface area contributed by atoms with E-state index in [1.54, 1.807) is 0 Å². The Morgan fingerprint density at radius 1 is 1.00 bits per heavy atom. The number of benzene rings is 2. The lowest BCUT2D eigenvalue weighted by Crippen LogP contribution is -2.26. The highest BCUT2D eigenvalue weighted by Crippen LogP contribution is 2.21. The van der Waals surface area contributed by atoms with Crippen molar-refractivity contribution < 1.29 is 12.8 Å². The number of aryl methyl sites for hydroxylation is 1. The lowest BCUT2D eigenvalue weighted by molar-refractivity contribution is 0.555. The summed E-state index contributed by atoms with van der Waals surface area (Å²) >= 11 is 0. The van der Waals surface area contributed by atoms with Crippen molar-refractivity contribution in [1.82, 2.24) is 4.72 Å². The second kappa shape index (κ2) is 7.97. The van der Waals surface area contributed by atoms with Crippen molar-refractivity contribution in [3.8, 4) is 0 Å². The molecule has 25 heavy (non-hydrogen) atoms. The Hall–Kier alpha value is -1.92. The van der Waals surface area contributed by atoms with Gasteiger partial charge in [0.15, 0.2) is 0 Å². The average Bonchev–Trinajstić information content (AvgIpc) is 3.14. The summed E-state index contributed by atoms with van der Waals surface area (Å²) in [6, 6.07) is 13.9. The highest BCUT2D eigenvalue weighted by Gasteiger charge is 2.17. The van der Waals surface area contributed by atoms with E-state index in [4.69, 9.17) is 0 Å². The zero-order valence-electron chi connectivity index (χ0n) is 14.1. The molecule has 2 aromatic rings. The van der Waals surface area contributed by atoms with Crippen molar-refractivity contribution in [1.29, 1.82) is 0 Å². The summed E-state index contributed by atoms with van der Waals surface area (Å²) < 4.78 is 40.3. The van der Waals surface area contributed by atoms with E-state index in [0.29, 0.717) is 6.42 Å². The number of nitrogens with one attached hydrogen (secondary N) is 1. The first-order valence-corrected chi connectivity index (χ1v) is 10.1. The summed E-state index contributed by atoms with van der Waals surface area (Å²) in [5, 5.41) is 0. The lowest BCUT2D eigenvalue weighted by Gasteiger charge is -2.17. The molecule has 134 valence electrons. The van der Waals surface area contributed by atoms with Crippen LogP contribution in [-0.4, -0.2) is 28.1 Å². The fraction of sp³-hybridized carbons (Fsp3) is 0.368. The molecule has 1 aliphatic heterocycles. The number of anilines is 1. The molecule has 0 spiro atoms. The molecule has 1 aliphatic rings. The molecule has 0 unspecified atom stereocenters. The quantitative estimate of drug-likeness (QED) is 0.769. The minimum absolute atomic E-state index is 0.282. The number of sulfonamides is 1. The first-order chi connectivity index (χ1) is 12.1. The van der Waals surface area contributed by atoms with Crippen molar-refractivity contribution >= 4 is 15.7 Å². The molecule has 0 saturated carbocycles. The van der Waals surface area contributed by atoms with E-state index in [1.165, 1.54) is 42.3 Å². The van der Waals surface area contributed by atoms with Crippen LogP contribution in [0.4, 0.5) is 10.1 Å². The van der Waals surface area contributed by atoms with Crippen molar-refractivity contribution in [3.05, 3.63) is 59.9 Å². The Morgan fingerprint density at radius 2 is 1.68 bits per heavy atom. The van der Waals surface area contributed by atoms with E-state index in [-0.39, 0.29) is 11.4 Å². The largest absolute Gasteiger partial charge is 0.372 e. The third kappa shape index (κ3) is 4.58. The van der Waals surface area contributed by atoms with Gasteiger partial charge < -0.3 is 4.90 Å². The summed E-state index contributed by atoms with van der Waals surface area (Å²) in [6.45, 7) is 2.53. The summed E-state index contributed by atoms with van der Waals surface area (Å²) in [5.41, 5.74) is 2.43. The molecule has 0 atom stereocenters. The van der Waals surface area contributed by atoms with Crippen molar-refractivity contribution in [2.75, 3.05) is 24.5 Å². The van der Waals surface area contributed by atoms with Crippen LogP contribution in [-0.2, 0) is 16.4 Å². The van der Waals surface area contributed by atoms with E-state index in [9.17, 15) is 12.8 Å². The van der Waals surface area contributed by atoms with Crippen LogP contribution in [0.2, 0.25) is 0 Å². The monoisotopic (exact) mass is 362 g/mol. The predicted molar refractivity (Wildman–Crippen MR) is 97.8 cm³/mol. The van der Waals surface area contributed by atoms with E-state index in [0.717, 1.165) is 25.6 Å². The fourth-order valence-electron chi connectivity index (χ4n) is 3.09. The molecule has 6 heteroatoms. The maximum Gasteiger partial charge on any atom is 0.243 e. The summed E-state index contributed by atoms with van der Waals surface area (Å²) in [5.74, 6) is -0.729. The zero-order chi connectivity index (χ0) is 17.7. The Kier molecular flexibility index (Phi) is 5.71. The molecule has 2 aromatic carbocycles. The van der Waals surface area contributed by atoms with E-state index in [2.05, 4.69) is 33.9 Å². The van der Waals surface area contributed by atoms with Crippen LogP contribution in [0.25, 0.3) is 0 Å². The van der Waals surface area contributed by atoms with Gasteiger partial charge in [0.05, 0.1) is 0 Å². The van der Waals surface area contributed by atoms with Gasteiger partial charge in [-0.15, -0.1) is 0 Å². The van der Waals surface area contributed by atoms with Crippen LogP contribution in [0.1, 0.15) is 24.8 Å². The predicted octanol–water partition coefficient (Wildman–Crippen LogP) is 3.34. The van der Waals surface area contributed by atoms with E-state index < -0.39 is 15.8 Å². The third-order valence-corrected chi connectivity index (χ3v) is 5.96. The van der Waals surface area contributed by atoms with Crippen LogP contribution in [0.5, 0.6) is 0 Å². The van der Waals surface area contributed by atoms with Crippen LogP contribution < -0.4 is 9.62 Å². The van der Waals surface area contributed by atoms with Gasteiger partial charge in [-0.05, 0) is 55.5 Å². The second-order valence-corrected chi connectivity index (χ2v) is 8.03. The van der Waals surface area contributed by atoms with Gasteiger partial charge in [0.1, 0.15) is 10.7 Å². The summed E-state index contributed by atoms with van der Waals surface area (Å²) in [6.07, 6.45) is 3.95. The van der Waals surface area contributed by atoms with Gasteiger partial charge in [-0.2, -0.15) is 0 Å². The summed E-state index contributed by atoms with van der Waals surface area (Å²) in [7, 11) is -3.79. The van der Waals surface area contributed by atoms with Gasteiger partial charge in [0, 0.05) is 25.3 Å². The van der Waals surface area contributed by atoms with Crippen molar-refractivity contribution in [3.63, 3.8) is 0 Å². The van der Waals surface area contributed by atoms with Crippen LogP contribution in [0.15, 0.2) is 53.4 Å². The molecule has 0 aliphatic carbocycles. The van der Waals surface area contributed by atoms with Gasteiger partial charge in [0.25, 0.3) is 0 Å². The van der Waals surface area contributed by atoms with E-state index in [1.807, 2.05) is 0 Å². The summed E-state index contributed by atoms with van der Waals surface area (Å²) in [4.78, 5) is 2.08. The lowest BCUT2D eigenvalue weighted by atomic mass is 10.1. The molecule has 1 N–H and O–H groups in total. The molecule has 0 amide bonds. The van der Waals surface area contributed by atoms with Crippen LogP contribution in [0.3, 0.4) is 0 Å². The fourth-order valence-corrected chi connectivity index (χ4v) is 4.24. The van der Waals surface area contributed by atoms with Crippen LogP contribution in [0, 0.1) is 5.82 Å². The standard InChI is InChI=1S/C19H23FN2O2S/c20-18-7-1-2-8-19(18)25(23,24)21-13-5-6-16-9-11-17(12-10-16)22-14-3-4-15-22/h1-2,7-12,21H,3-6,13-15H2. The molecule has 0 aromatic heterocycles. The molecule has 4 nitrogen and oxygen atoms in total. The van der Waals surface area contributed by atoms with Gasteiger partial charge in [-0.1, -0.05) is 24.3 Å². The Balaban J connectivity index is 1.49. The number of halogens is 1. The normalized spacial score (nSPS) is 14.8. The molecule has 1 saturated heterocycles. The number of nitrogens with zero attached hydrogens (tertiary/aromatic N) is 1. The first kappa shape index (κ1) is 17.9. The molecule has 0 radical (unpaired) electrons. The molecule has 1 heterocycles. The Labute approximate surface area is 148 Å².